The molecule has 1 fully saturated rings. The molecule has 1 aliphatic heterocycles. The van der Waals surface area contributed by atoms with Crippen molar-refractivity contribution in [1.82, 2.24) is 19.5 Å². The summed E-state index contributed by atoms with van der Waals surface area (Å²) in [5.74, 6) is 0.940. The van der Waals surface area contributed by atoms with Gasteiger partial charge >= 0.3 is 0 Å². The molecule has 0 aliphatic carbocycles. The molecule has 0 radical (unpaired) electrons. The number of halogens is 1. The highest BCUT2D eigenvalue weighted by Crippen LogP contribution is 2.30. The third kappa shape index (κ3) is 3.67. The molecule has 7 heteroatoms. The van der Waals surface area contributed by atoms with Gasteiger partial charge in [0.05, 0.1) is 19.4 Å². The molecule has 0 atom stereocenters. The van der Waals surface area contributed by atoms with Gasteiger partial charge in [0.25, 0.3) is 0 Å². The van der Waals surface area contributed by atoms with Gasteiger partial charge in [0.2, 0.25) is 0 Å². The Morgan fingerprint density at radius 2 is 1.96 bits per heavy atom. The number of benzene rings is 1. The van der Waals surface area contributed by atoms with Crippen LogP contribution in [-0.2, 0) is 4.74 Å². The van der Waals surface area contributed by atoms with Gasteiger partial charge < -0.3 is 10.1 Å². The third-order valence-corrected chi connectivity index (χ3v) is 4.96. The molecule has 0 saturated carbocycles. The van der Waals surface area contributed by atoms with Crippen molar-refractivity contribution >= 4 is 23.1 Å². The van der Waals surface area contributed by atoms with Crippen molar-refractivity contribution in [1.29, 1.82) is 0 Å². The highest BCUT2D eigenvalue weighted by Gasteiger charge is 2.13. The molecule has 3 heterocycles. The molecular formula is C19H22ClN5O. The maximum absolute atomic E-state index is 6.34. The third-order valence-electron chi connectivity index (χ3n) is 4.63. The highest BCUT2D eigenvalue weighted by atomic mass is 35.5. The second-order valence-electron chi connectivity index (χ2n) is 6.34. The summed E-state index contributed by atoms with van der Waals surface area (Å²) in [5.41, 5.74) is 2.69. The second kappa shape index (κ2) is 8.03. The molecule has 136 valence electrons. The van der Waals surface area contributed by atoms with Crippen molar-refractivity contribution in [2.24, 2.45) is 0 Å². The van der Waals surface area contributed by atoms with Crippen molar-refractivity contribution in [3.05, 3.63) is 47.7 Å². The van der Waals surface area contributed by atoms with E-state index in [0.717, 1.165) is 68.4 Å². The Kier molecular flexibility index (Phi) is 5.34. The topological polar surface area (TPSA) is 54.7 Å². The smallest absolute Gasteiger partial charge is 0.165 e. The molecule has 3 aromatic rings. The summed E-state index contributed by atoms with van der Waals surface area (Å²) in [6.45, 7) is 5.71. The summed E-state index contributed by atoms with van der Waals surface area (Å²) < 4.78 is 7.23. The number of rotatable bonds is 6. The fourth-order valence-electron chi connectivity index (χ4n) is 3.24. The number of hydrogen-bond acceptors (Lipinski definition) is 5. The van der Waals surface area contributed by atoms with Crippen LogP contribution in [0, 0.1) is 0 Å². The lowest BCUT2D eigenvalue weighted by Gasteiger charge is -2.26. The number of anilines is 1. The Hall–Kier alpha value is -2.15. The predicted octanol–water partition coefficient (Wildman–Crippen LogP) is 3.18. The van der Waals surface area contributed by atoms with Crippen LogP contribution in [0.5, 0.6) is 0 Å². The Balaban J connectivity index is 1.46. The molecule has 0 amide bonds. The number of ether oxygens (including phenoxy) is 1. The van der Waals surface area contributed by atoms with Crippen LogP contribution in [0.3, 0.4) is 0 Å². The molecule has 0 bridgehead atoms. The van der Waals surface area contributed by atoms with E-state index in [-0.39, 0.29) is 0 Å². The quantitative estimate of drug-likeness (QED) is 0.674. The molecular weight excluding hydrogens is 350 g/mol. The van der Waals surface area contributed by atoms with Gasteiger partial charge in [-0.3, -0.25) is 4.90 Å². The van der Waals surface area contributed by atoms with Crippen molar-refractivity contribution in [2.45, 2.75) is 6.42 Å². The van der Waals surface area contributed by atoms with Crippen LogP contribution in [0.15, 0.2) is 42.7 Å². The van der Waals surface area contributed by atoms with Gasteiger partial charge in [0, 0.05) is 42.0 Å². The van der Waals surface area contributed by atoms with Gasteiger partial charge in [-0.05, 0) is 25.1 Å². The van der Waals surface area contributed by atoms with Gasteiger partial charge in [-0.2, -0.15) is 9.61 Å². The summed E-state index contributed by atoms with van der Waals surface area (Å²) >= 11 is 6.34. The van der Waals surface area contributed by atoms with E-state index in [2.05, 4.69) is 20.3 Å². The largest absolute Gasteiger partial charge is 0.379 e. The Morgan fingerprint density at radius 1 is 1.12 bits per heavy atom. The Labute approximate surface area is 157 Å². The van der Waals surface area contributed by atoms with E-state index >= 15 is 0 Å². The first-order valence-electron chi connectivity index (χ1n) is 8.94. The average Bonchev–Trinajstić information content (AvgIpc) is 3.11. The maximum Gasteiger partial charge on any atom is 0.165 e. The number of hydrogen-bond donors (Lipinski definition) is 1. The SMILES string of the molecule is Clc1ccccc1-c1cnn2c(NCCCN3CCOCC3)ccnc12. The van der Waals surface area contributed by atoms with Crippen LogP contribution in [0.1, 0.15) is 6.42 Å². The zero-order valence-electron chi connectivity index (χ0n) is 14.6. The monoisotopic (exact) mass is 371 g/mol. The number of morpholine rings is 1. The van der Waals surface area contributed by atoms with E-state index in [9.17, 15) is 0 Å². The van der Waals surface area contributed by atoms with E-state index < -0.39 is 0 Å². The van der Waals surface area contributed by atoms with E-state index in [1.54, 1.807) is 0 Å². The average molecular weight is 372 g/mol. The summed E-state index contributed by atoms with van der Waals surface area (Å²) in [7, 11) is 0. The minimum atomic E-state index is 0.702. The molecule has 1 aliphatic rings. The van der Waals surface area contributed by atoms with Gasteiger partial charge in [-0.15, -0.1) is 0 Å². The first kappa shape index (κ1) is 17.3. The fourth-order valence-corrected chi connectivity index (χ4v) is 3.48. The van der Waals surface area contributed by atoms with Gasteiger partial charge in [-0.1, -0.05) is 29.8 Å². The Morgan fingerprint density at radius 3 is 2.81 bits per heavy atom. The summed E-state index contributed by atoms with van der Waals surface area (Å²) in [4.78, 5) is 6.94. The van der Waals surface area contributed by atoms with Gasteiger partial charge in [-0.25, -0.2) is 4.98 Å². The lowest BCUT2D eigenvalue weighted by Crippen LogP contribution is -2.37. The van der Waals surface area contributed by atoms with Crippen molar-refractivity contribution < 1.29 is 4.74 Å². The van der Waals surface area contributed by atoms with Crippen LogP contribution >= 0.6 is 11.6 Å². The first-order valence-corrected chi connectivity index (χ1v) is 9.32. The molecule has 6 nitrogen and oxygen atoms in total. The zero-order valence-corrected chi connectivity index (χ0v) is 15.3. The van der Waals surface area contributed by atoms with Crippen molar-refractivity contribution in [3.63, 3.8) is 0 Å². The molecule has 26 heavy (non-hydrogen) atoms. The molecule has 2 aromatic heterocycles. The Bertz CT molecular complexity index is 875. The first-order chi connectivity index (χ1) is 12.8. The number of nitrogens with one attached hydrogen (secondary N) is 1. The van der Waals surface area contributed by atoms with E-state index in [1.807, 2.05) is 47.2 Å². The lowest BCUT2D eigenvalue weighted by atomic mass is 10.1. The minimum Gasteiger partial charge on any atom is -0.379 e. The zero-order chi connectivity index (χ0) is 17.8. The van der Waals surface area contributed by atoms with E-state index in [1.165, 1.54) is 0 Å². The molecule has 1 aromatic carbocycles. The molecule has 1 N–H and O–H groups in total. The number of aromatic nitrogens is 3. The summed E-state index contributed by atoms with van der Waals surface area (Å²) in [6.07, 6.45) is 4.70. The highest BCUT2D eigenvalue weighted by molar-refractivity contribution is 6.33. The fraction of sp³-hybridized carbons (Fsp3) is 0.368. The number of nitrogens with zero attached hydrogens (tertiary/aromatic N) is 4. The maximum atomic E-state index is 6.34. The van der Waals surface area contributed by atoms with Gasteiger partial charge in [0.1, 0.15) is 5.82 Å². The van der Waals surface area contributed by atoms with E-state index in [0.29, 0.717) is 5.02 Å². The minimum absolute atomic E-state index is 0.702. The van der Waals surface area contributed by atoms with Crippen LogP contribution in [-0.4, -0.2) is 58.9 Å². The summed E-state index contributed by atoms with van der Waals surface area (Å²) in [5, 5.41) is 8.69. The standard InChI is InChI=1S/C19H22ClN5O/c20-17-5-2-1-4-15(17)16-14-23-25-18(6-8-22-19(16)25)21-7-3-9-24-10-12-26-13-11-24/h1-2,4-6,8,14,21H,3,7,9-13H2. The molecule has 0 spiro atoms. The van der Waals surface area contributed by atoms with Crippen LogP contribution in [0.2, 0.25) is 5.02 Å². The molecule has 0 unspecified atom stereocenters. The van der Waals surface area contributed by atoms with Crippen LogP contribution in [0.25, 0.3) is 16.8 Å². The second-order valence-corrected chi connectivity index (χ2v) is 6.75. The number of fused-ring (bicyclic) bond motifs is 1. The van der Waals surface area contributed by atoms with Crippen LogP contribution in [0.4, 0.5) is 5.82 Å². The van der Waals surface area contributed by atoms with Crippen molar-refractivity contribution in [3.8, 4) is 11.1 Å². The summed E-state index contributed by atoms with van der Waals surface area (Å²) in [6, 6.07) is 9.72. The van der Waals surface area contributed by atoms with E-state index in [4.69, 9.17) is 16.3 Å². The molecule has 1 saturated heterocycles. The molecule has 4 rings (SSSR count). The van der Waals surface area contributed by atoms with Crippen LogP contribution < -0.4 is 5.32 Å². The van der Waals surface area contributed by atoms with Gasteiger partial charge in [0.15, 0.2) is 5.65 Å². The normalized spacial score (nSPS) is 15.4. The predicted molar refractivity (Wildman–Crippen MR) is 104 cm³/mol. The lowest BCUT2D eigenvalue weighted by molar-refractivity contribution is 0.0378. The van der Waals surface area contributed by atoms with Crippen molar-refractivity contribution in [2.75, 3.05) is 44.7 Å².